The fourth-order valence-electron chi connectivity index (χ4n) is 2.88. The Balaban J connectivity index is 1.69. The van der Waals surface area contributed by atoms with E-state index < -0.39 is 5.41 Å². The molecule has 3 rings (SSSR count). The standard InChI is InChI=1S/C16H19ClN2O2/c17-12-5-4-6-13(11-12)18-14(20)16(7-8-16)15(21)19-9-2-1-3-10-19/h4-6,11H,1-3,7-10H2,(H,18,20). The van der Waals surface area contributed by atoms with Crippen LogP contribution in [0.5, 0.6) is 0 Å². The first-order valence-electron chi connectivity index (χ1n) is 7.48. The lowest BCUT2D eigenvalue weighted by Crippen LogP contribution is -2.45. The molecular weight excluding hydrogens is 288 g/mol. The monoisotopic (exact) mass is 306 g/mol. The van der Waals surface area contributed by atoms with Crippen molar-refractivity contribution in [1.82, 2.24) is 4.90 Å². The summed E-state index contributed by atoms with van der Waals surface area (Å²) in [5.74, 6) is -0.193. The normalized spacial score (nSPS) is 20.0. The van der Waals surface area contributed by atoms with E-state index in [4.69, 9.17) is 11.6 Å². The second-order valence-electron chi connectivity index (χ2n) is 5.90. The average molecular weight is 307 g/mol. The molecule has 1 heterocycles. The maximum atomic E-state index is 12.6. The largest absolute Gasteiger partial charge is 0.342 e. The van der Waals surface area contributed by atoms with Crippen LogP contribution in [-0.4, -0.2) is 29.8 Å². The molecule has 0 unspecified atom stereocenters. The van der Waals surface area contributed by atoms with Crippen molar-refractivity contribution in [3.8, 4) is 0 Å². The topological polar surface area (TPSA) is 49.4 Å². The van der Waals surface area contributed by atoms with Gasteiger partial charge in [-0.2, -0.15) is 0 Å². The summed E-state index contributed by atoms with van der Waals surface area (Å²) in [5, 5.41) is 3.40. The van der Waals surface area contributed by atoms with Crippen LogP contribution in [0.4, 0.5) is 5.69 Å². The van der Waals surface area contributed by atoms with E-state index in [0.717, 1.165) is 25.9 Å². The van der Waals surface area contributed by atoms with Gasteiger partial charge in [-0.15, -0.1) is 0 Å². The summed E-state index contributed by atoms with van der Waals surface area (Å²) in [5.41, 5.74) is -0.190. The number of carbonyl (C=O) groups excluding carboxylic acids is 2. The fraction of sp³-hybridized carbons (Fsp3) is 0.500. The van der Waals surface area contributed by atoms with Crippen molar-refractivity contribution in [2.75, 3.05) is 18.4 Å². The van der Waals surface area contributed by atoms with Crippen molar-refractivity contribution in [1.29, 1.82) is 0 Å². The van der Waals surface area contributed by atoms with E-state index in [1.54, 1.807) is 24.3 Å². The Labute approximate surface area is 129 Å². The molecule has 2 amide bonds. The number of hydrogen-bond donors (Lipinski definition) is 1. The Bertz CT molecular complexity index is 563. The predicted molar refractivity (Wildman–Crippen MR) is 82.2 cm³/mol. The van der Waals surface area contributed by atoms with Crippen LogP contribution >= 0.6 is 11.6 Å². The first-order valence-corrected chi connectivity index (χ1v) is 7.86. The quantitative estimate of drug-likeness (QED) is 0.873. The van der Waals surface area contributed by atoms with Crippen LogP contribution in [0, 0.1) is 5.41 Å². The second kappa shape index (κ2) is 5.68. The number of rotatable bonds is 3. The number of nitrogens with one attached hydrogen (secondary N) is 1. The van der Waals surface area contributed by atoms with Crippen LogP contribution in [0.25, 0.3) is 0 Å². The van der Waals surface area contributed by atoms with Crippen LogP contribution in [-0.2, 0) is 9.59 Å². The number of likely N-dealkylation sites (tertiary alicyclic amines) is 1. The van der Waals surface area contributed by atoms with Gasteiger partial charge in [-0.25, -0.2) is 0 Å². The van der Waals surface area contributed by atoms with Crippen molar-refractivity contribution in [3.05, 3.63) is 29.3 Å². The summed E-state index contributed by atoms with van der Waals surface area (Å²) in [6, 6.07) is 7.01. The smallest absolute Gasteiger partial charge is 0.240 e. The highest BCUT2D eigenvalue weighted by Gasteiger charge is 2.58. The zero-order chi connectivity index (χ0) is 14.9. The van der Waals surface area contributed by atoms with Crippen molar-refractivity contribution in [2.45, 2.75) is 32.1 Å². The summed E-state index contributed by atoms with van der Waals surface area (Å²) in [4.78, 5) is 27.0. The highest BCUT2D eigenvalue weighted by atomic mass is 35.5. The highest BCUT2D eigenvalue weighted by molar-refractivity contribution is 6.31. The summed E-state index contributed by atoms with van der Waals surface area (Å²) in [6.07, 6.45) is 4.55. The van der Waals surface area contributed by atoms with Gasteiger partial charge in [-0.1, -0.05) is 17.7 Å². The van der Waals surface area contributed by atoms with Gasteiger partial charge in [0.15, 0.2) is 0 Å². The molecule has 1 aromatic carbocycles. The zero-order valence-corrected chi connectivity index (χ0v) is 12.7. The van der Waals surface area contributed by atoms with E-state index >= 15 is 0 Å². The Morgan fingerprint density at radius 1 is 1.14 bits per heavy atom. The zero-order valence-electron chi connectivity index (χ0n) is 11.9. The van der Waals surface area contributed by atoms with E-state index in [0.29, 0.717) is 23.6 Å². The van der Waals surface area contributed by atoms with E-state index in [9.17, 15) is 9.59 Å². The second-order valence-corrected chi connectivity index (χ2v) is 6.34. The van der Waals surface area contributed by atoms with E-state index in [1.165, 1.54) is 6.42 Å². The summed E-state index contributed by atoms with van der Waals surface area (Å²) in [7, 11) is 0. The molecule has 1 aromatic rings. The molecule has 4 nitrogen and oxygen atoms in total. The molecule has 1 saturated heterocycles. The SMILES string of the molecule is O=C(Nc1cccc(Cl)c1)C1(C(=O)N2CCCCC2)CC1. The lowest BCUT2D eigenvalue weighted by Gasteiger charge is -2.30. The molecule has 21 heavy (non-hydrogen) atoms. The number of piperidine rings is 1. The Morgan fingerprint density at radius 2 is 1.86 bits per heavy atom. The molecule has 1 aliphatic carbocycles. The third-order valence-corrected chi connectivity index (χ3v) is 4.55. The van der Waals surface area contributed by atoms with Crippen LogP contribution < -0.4 is 5.32 Å². The average Bonchev–Trinajstić information content (AvgIpc) is 3.29. The van der Waals surface area contributed by atoms with Gasteiger partial charge in [0.25, 0.3) is 0 Å². The molecule has 2 fully saturated rings. The third-order valence-electron chi connectivity index (χ3n) is 4.32. The molecule has 112 valence electrons. The number of hydrogen-bond acceptors (Lipinski definition) is 2. The maximum Gasteiger partial charge on any atom is 0.240 e. The van der Waals surface area contributed by atoms with Crippen LogP contribution in [0.3, 0.4) is 0 Å². The number of amides is 2. The van der Waals surface area contributed by atoms with Gasteiger partial charge in [0.2, 0.25) is 11.8 Å². The molecule has 0 radical (unpaired) electrons. The lowest BCUT2D eigenvalue weighted by molar-refractivity contribution is -0.143. The van der Waals surface area contributed by atoms with Gasteiger partial charge < -0.3 is 10.2 Å². The van der Waals surface area contributed by atoms with E-state index in [-0.39, 0.29) is 11.8 Å². The van der Waals surface area contributed by atoms with Gasteiger partial charge in [-0.3, -0.25) is 9.59 Å². The molecule has 1 saturated carbocycles. The number of benzene rings is 1. The summed E-state index contributed by atoms with van der Waals surface area (Å²) >= 11 is 5.92. The fourth-order valence-corrected chi connectivity index (χ4v) is 3.07. The van der Waals surface area contributed by atoms with E-state index in [1.807, 2.05) is 4.90 Å². The van der Waals surface area contributed by atoms with Crippen molar-refractivity contribution >= 4 is 29.1 Å². The van der Waals surface area contributed by atoms with Crippen molar-refractivity contribution < 1.29 is 9.59 Å². The van der Waals surface area contributed by atoms with Gasteiger partial charge in [0, 0.05) is 23.8 Å². The Hall–Kier alpha value is -1.55. The third kappa shape index (κ3) is 2.91. The number of anilines is 1. The molecular formula is C16H19ClN2O2. The van der Waals surface area contributed by atoms with Crippen LogP contribution in [0.15, 0.2) is 24.3 Å². The van der Waals surface area contributed by atoms with E-state index in [2.05, 4.69) is 5.32 Å². The van der Waals surface area contributed by atoms with Gasteiger partial charge in [0.1, 0.15) is 5.41 Å². The molecule has 0 bridgehead atoms. The lowest BCUT2D eigenvalue weighted by atomic mass is 10.0. The predicted octanol–water partition coefficient (Wildman–Crippen LogP) is 3.07. The number of halogens is 1. The maximum absolute atomic E-state index is 12.6. The minimum atomic E-state index is -0.834. The first-order chi connectivity index (χ1) is 10.1. The van der Waals surface area contributed by atoms with Crippen LogP contribution in [0.2, 0.25) is 5.02 Å². The Morgan fingerprint density at radius 3 is 2.48 bits per heavy atom. The minimum Gasteiger partial charge on any atom is -0.342 e. The summed E-state index contributed by atoms with van der Waals surface area (Å²) in [6.45, 7) is 1.57. The molecule has 0 atom stereocenters. The first kappa shape index (κ1) is 14.4. The minimum absolute atomic E-state index is 0.00160. The Kier molecular flexibility index (Phi) is 3.89. The van der Waals surface area contributed by atoms with Crippen molar-refractivity contribution in [3.63, 3.8) is 0 Å². The number of carbonyl (C=O) groups is 2. The van der Waals surface area contributed by atoms with Gasteiger partial charge in [-0.05, 0) is 50.3 Å². The van der Waals surface area contributed by atoms with Crippen molar-refractivity contribution in [2.24, 2.45) is 5.41 Å². The summed E-state index contributed by atoms with van der Waals surface area (Å²) < 4.78 is 0. The molecule has 5 heteroatoms. The molecule has 1 aliphatic heterocycles. The molecule has 2 aliphatic rings. The molecule has 1 N–H and O–H groups in total. The molecule has 0 spiro atoms. The number of nitrogens with zero attached hydrogens (tertiary/aromatic N) is 1. The van der Waals surface area contributed by atoms with Gasteiger partial charge in [0.05, 0.1) is 0 Å². The van der Waals surface area contributed by atoms with Crippen LogP contribution in [0.1, 0.15) is 32.1 Å². The highest BCUT2D eigenvalue weighted by Crippen LogP contribution is 2.48. The van der Waals surface area contributed by atoms with Gasteiger partial charge >= 0.3 is 0 Å². The molecule has 0 aromatic heterocycles.